The van der Waals surface area contributed by atoms with Crippen molar-refractivity contribution in [1.29, 1.82) is 0 Å². The van der Waals surface area contributed by atoms with Crippen molar-refractivity contribution in [2.45, 2.75) is 19.4 Å². The molecule has 4 rings (SSSR count). The van der Waals surface area contributed by atoms with Gasteiger partial charge >= 0.3 is 5.97 Å². The zero-order valence-corrected chi connectivity index (χ0v) is 15.9. The molecule has 140 valence electrons. The highest BCUT2D eigenvalue weighted by molar-refractivity contribution is 7.13. The molecule has 6 nitrogen and oxygen atoms in total. The van der Waals surface area contributed by atoms with E-state index in [-0.39, 0.29) is 12.3 Å². The quantitative estimate of drug-likeness (QED) is 0.443. The predicted molar refractivity (Wildman–Crippen MR) is 105 cm³/mol. The predicted octanol–water partition coefficient (Wildman–Crippen LogP) is 4.71. The standard InChI is InChI=1S/C21H17N3O3S/c1-14(19-23-24-20(27-19)15-8-4-2-5-9-15)26-18(25)12-17-13-28-21(22-17)16-10-6-3-7-11-16/h2-11,13-14H,12H2,1H3. The number of aromatic nitrogens is 3. The van der Waals surface area contributed by atoms with Crippen molar-refractivity contribution in [3.8, 4) is 22.0 Å². The van der Waals surface area contributed by atoms with E-state index in [4.69, 9.17) is 9.15 Å². The minimum Gasteiger partial charge on any atom is -0.452 e. The zero-order valence-electron chi connectivity index (χ0n) is 15.1. The number of ether oxygens (including phenoxy) is 1. The summed E-state index contributed by atoms with van der Waals surface area (Å²) in [6.07, 6.45) is -0.544. The Kier molecular flexibility index (Phi) is 5.25. The van der Waals surface area contributed by atoms with Crippen molar-refractivity contribution >= 4 is 17.3 Å². The maximum Gasteiger partial charge on any atom is 0.312 e. The molecule has 7 heteroatoms. The average Bonchev–Trinajstić information content (AvgIpc) is 3.39. The fraction of sp³-hybridized carbons (Fsp3) is 0.143. The number of benzene rings is 2. The Morgan fingerprint density at radius 2 is 1.71 bits per heavy atom. The van der Waals surface area contributed by atoms with E-state index in [0.717, 1.165) is 16.1 Å². The van der Waals surface area contributed by atoms with Gasteiger partial charge in [-0.25, -0.2) is 4.98 Å². The van der Waals surface area contributed by atoms with Gasteiger partial charge in [-0.05, 0) is 19.1 Å². The van der Waals surface area contributed by atoms with Gasteiger partial charge in [0.1, 0.15) is 5.01 Å². The van der Waals surface area contributed by atoms with Crippen LogP contribution in [0.5, 0.6) is 0 Å². The lowest BCUT2D eigenvalue weighted by Gasteiger charge is -2.08. The van der Waals surface area contributed by atoms with Crippen LogP contribution in [-0.2, 0) is 16.0 Å². The average molecular weight is 391 g/mol. The van der Waals surface area contributed by atoms with Crippen molar-refractivity contribution in [1.82, 2.24) is 15.2 Å². The molecule has 0 saturated heterocycles. The minimum absolute atomic E-state index is 0.0906. The molecule has 1 atom stereocenters. The highest BCUT2D eigenvalue weighted by atomic mass is 32.1. The number of nitrogens with zero attached hydrogens (tertiary/aromatic N) is 3. The summed E-state index contributed by atoms with van der Waals surface area (Å²) in [7, 11) is 0. The fourth-order valence-electron chi connectivity index (χ4n) is 2.63. The van der Waals surface area contributed by atoms with Crippen molar-refractivity contribution in [2.75, 3.05) is 0 Å². The van der Waals surface area contributed by atoms with E-state index in [1.165, 1.54) is 11.3 Å². The molecule has 1 unspecified atom stereocenters. The van der Waals surface area contributed by atoms with Crippen LogP contribution in [0, 0.1) is 0 Å². The van der Waals surface area contributed by atoms with Crippen LogP contribution in [0.4, 0.5) is 0 Å². The van der Waals surface area contributed by atoms with E-state index in [9.17, 15) is 4.79 Å². The summed E-state index contributed by atoms with van der Waals surface area (Å²) in [5, 5.41) is 10.8. The Morgan fingerprint density at radius 3 is 2.43 bits per heavy atom. The topological polar surface area (TPSA) is 78.1 Å². The third-order valence-electron chi connectivity index (χ3n) is 4.02. The number of hydrogen-bond donors (Lipinski definition) is 0. The molecule has 0 spiro atoms. The third kappa shape index (κ3) is 4.15. The number of esters is 1. The molecule has 2 aromatic heterocycles. The summed E-state index contributed by atoms with van der Waals surface area (Å²) >= 11 is 1.50. The van der Waals surface area contributed by atoms with Crippen LogP contribution < -0.4 is 0 Å². The van der Waals surface area contributed by atoms with Gasteiger partial charge in [-0.1, -0.05) is 48.5 Å². The van der Waals surface area contributed by atoms with Crippen molar-refractivity contribution in [2.24, 2.45) is 0 Å². The summed E-state index contributed by atoms with van der Waals surface area (Å²) in [6, 6.07) is 19.3. The number of thiazole rings is 1. The molecule has 4 aromatic rings. The first-order valence-corrected chi connectivity index (χ1v) is 9.65. The van der Waals surface area contributed by atoms with Gasteiger partial charge in [0.05, 0.1) is 12.1 Å². The molecule has 0 aliphatic carbocycles. The molecule has 0 amide bonds. The first-order valence-electron chi connectivity index (χ1n) is 8.77. The molecule has 0 fully saturated rings. The number of hydrogen-bond acceptors (Lipinski definition) is 7. The molecule has 2 aromatic carbocycles. The summed E-state index contributed by atoms with van der Waals surface area (Å²) in [5.41, 5.74) is 2.52. The van der Waals surface area contributed by atoms with E-state index < -0.39 is 12.1 Å². The normalized spacial score (nSPS) is 11.9. The van der Waals surface area contributed by atoms with Crippen LogP contribution in [0.15, 0.2) is 70.5 Å². The van der Waals surface area contributed by atoms with Crippen molar-refractivity contribution in [3.05, 3.63) is 77.6 Å². The van der Waals surface area contributed by atoms with Crippen LogP contribution in [0.25, 0.3) is 22.0 Å². The molecule has 0 aliphatic rings. The van der Waals surface area contributed by atoms with Gasteiger partial charge in [0.2, 0.25) is 5.89 Å². The molecular weight excluding hydrogens is 374 g/mol. The molecule has 0 aliphatic heterocycles. The molecule has 28 heavy (non-hydrogen) atoms. The summed E-state index contributed by atoms with van der Waals surface area (Å²) in [6.45, 7) is 1.70. The highest BCUT2D eigenvalue weighted by Crippen LogP contribution is 2.25. The Balaban J connectivity index is 1.38. The van der Waals surface area contributed by atoms with Gasteiger partial charge in [-0.15, -0.1) is 21.5 Å². The molecule has 0 N–H and O–H groups in total. The summed E-state index contributed by atoms with van der Waals surface area (Å²) in [4.78, 5) is 16.8. The van der Waals surface area contributed by atoms with Gasteiger partial charge in [-0.2, -0.15) is 0 Å². The number of rotatable bonds is 6. The number of carbonyl (C=O) groups is 1. The lowest BCUT2D eigenvalue weighted by atomic mass is 10.2. The largest absolute Gasteiger partial charge is 0.452 e. The summed E-state index contributed by atoms with van der Waals surface area (Å²) < 4.78 is 11.1. The Bertz CT molecular complexity index is 1060. The van der Waals surface area contributed by atoms with E-state index in [2.05, 4.69) is 15.2 Å². The maximum absolute atomic E-state index is 12.3. The zero-order chi connectivity index (χ0) is 19.3. The van der Waals surface area contributed by atoms with Crippen LogP contribution in [-0.4, -0.2) is 21.2 Å². The van der Waals surface area contributed by atoms with E-state index in [0.29, 0.717) is 11.6 Å². The Labute approximate surface area is 165 Å². The Morgan fingerprint density at radius 1 is 1.04 bits per heavy atom. The van der Waals surface area contributed by atoms with E-state index >= 15 is 0 Å². The van der Waals surface area contributed by atoms with Crippen molar-refractivity contribution in [3.63, 3.8) is 0 Å². The van der Waals surface area contributed by atoms with Gasteiger partial charge < -0.3 is 9.15 Å². The lowest BCUT2D eigenvalue weighted by molar-refractivity contribution is -0.148. The van der Waals surface area contributed by atoms with Crippen molar-refractivity contribution < 1.29 is 13.9 Å². The first kappa shape index (κ1) is 18.1. The third-order valence-corrected chi connectivity index (χ3v) is 4.96. The Hall–Kier alpha value is -3.32. The van der Waals surface area contributed by atoms with Gasteiger partial charge in [0.15, 0.2) is 6.10 Å². The second-order valence-electron chi connectivity index (χ2n) is 6.13. The molecule has 0 bridgehead atoms. The van der Waals surface area contributed by atoms with Gasteiger partial charge in [0.25, 0.3) is 5.89 Å². The lowest BCUT2D eigenvalue weighted by Crippen LogP contribution is -2.12. The SMILES string of the molecule is CC(OC(=O)Cc1csc(-c2ccccc2)n1)c1nnc(-c2ccccc2)o1. The van der Waals surface area contributed by atoms with Crippen LogP contribution >= 0.6 is 11.3 Å². The molecule has 0 saturated carbocycles. The fourth-order valence-corrected chi connectivity index (χ4v) is 3.46. The summed E-state index contributed by atoms with van der Waals surface area (Å²) in [5.74, 6) is 0.262. The molecule has 0 radical (unpaired) electrons. The monoisotopic (exact) mass is 391 g/mol. The number of carbonyl (C=O) groups excluding carboxylic acids is 1. The van der Waals surface area contributed by atoms with Crippen LogP contribution in [0.2, 0.25) is 0 Å². The second-order valence-corrected chi connectivity index (χ2v) is 6.99. The first-order chi connectivity index (χ1) is 13.7. The smallest absolute Gasteiger partial charge is 0.312 e. The van der Waals surface area contributed by atoms with Crippen LogP contribution in [0.3, 0.4) is 0 Å². The molecule has 2 heterocycles. The second kappa shape index (κ2) is 8.14. The van der Waals surface area contributed by atoms with E-state index in [1.807, 2.05) is 66.0 Å². The van der Waals surface area contributed by atoms with Crippen LogP contribution in [0.1, 0.15) is 24.6 Å². The van der Waals surface area contributed by atoms with Gasteiger partial charge in [-0.3, -0.25) is 4.79 Å². The maximum atomic E-state index is 12.3. The molecular formula is C21H17N3O3S. The highest BCUT2D eigenvalue weighted by Gasteiger charge is 2.20. The van der Waals surface area contributed by atoms with Gasteiger partial charge in [0, 0.05) is 16.5 Å². The minimum atomic E-state index is -0.635. The van der Waals surface area contributed by atoms with E-state index in [1.54, 1.807) is 6.92 Å².